The first kappa shape index (κ1) is 60.7. The van der Waals surface area contributed by atoms with Gasteiger partial charge < -0.3 is 0 Å². The predicted octanol–water partition coefficient (Wildman–Crippen LogP) is -5.92. The van der Waals surface area contributed by atoms with E-state index in [4.69, 9.17) is 0 Å². The van der Waals surface area contributed by atoms with E-state index in [0.29, 0.717) is 0 Å². The molecule has 0 aromatic heterocycles. The van der Waals surface area contributed by atoms with E-state index in [0.717, 1.165) is 0 Å². The summed E-state index contributed by atoms with van der Waals surface area (Å²) in [7, 11) is 0. The summed E-state index contributed by atoms with van der Waals surface area (Å²) < 4.78 is 0. The summed E-state index contributed by atoms with van der Waals surface area (Å²) in [5, 5.41) is 0. The molecule has 0 aromatic carbocycles. The van der Waals surface area contributed by atoms with Crippen LogP contribution in [0.2, 0.25) is 0 Å². The second-order valence-electron chi connectivity index (χ2n) is 0. The van der Waals surface area contributed by atoms with Crippen molar-refractivity contribution in [2.75, 3.05) is 0 Å². The van der Waals surface area contributed by atoms with Gasteiger partial charge >= 0.3 is 0 Å². The maximum absolute atomic E-state index is 0. The third-order valence-electron chi connectivity index (χ3n) is 0. The van der Waals surface area contributed by atoms with Gasteiger partial charge in [0.1, 0.15) is 0 Å². The molecule has 0 N–H and O–H groups in total. The third-order valence-corrected chi connectivity index (χ3v) is 0. The van der Waals surface area contributed by atoms with Crippen molar-refractivity contribution >= 4 is 86.8 Å². The fourth-order valence-electron chi connectivity index (χ4n) is 0. The van der Waals surface area contributed by atoms with Gasteiger partial charge in [0, 0.05) is 17.1 Å². The Balaban J connectivity index is 0. The molecule has 1 radical (unpaired) electrons. The Hall–Kier alpha value is 3.18. The van der Waals surface area contributed by atoms with Crippen molar-refractivity contribution in [1.29, 1.82) is 0 Å². The molecule has 0 spiro atoms. The van der Waals surface area contributed by atoms with Crippen LogP contribution in [0, 0.1) is 0 Å². The van der Waals surface area contributed by atoms with Crippen molar-refractivity contribution < 1.29 is 17.1 Å². The summed E-state index contributed by atoms with van der Waals surface area (Å²) in [5.41, 5.74) is 0. The molecule has 0 amide bonds. The Morgan fingerprint density at radius 1 is 0.333 bits per heavy atom. The summed E-state index contributed by atoms with van der Waals surface area (Å²) in [6, 6.07) is 0. The van der Waals surface area contributed by atoms with Crippen molar-refractivity contribution in [3.05, 3.63) is 0 Å². The molecule has 0 rings (SSSR count). The molecule has 0 aromatic rings. The van der Waals surface area contributed by atoms with Crippen molar-refractivity contribution in [2.24, 2.45) is 0 Å². The van der Waals surface area contributed by atoms with E-state index in [2.05, 4.69) is 0 Å². The zero-order valence-corrected chi connectivity index (χ0v) is 1.56. The summed E-state index contributed by atoms with van der Waals surface area (Å²) >= 11 is 0. The molecule has 0 aliphatic heterocycles. The quantitative estimate of drug-likeness (QED) is 0.345. The van der Waals surface area contributed by atoms with Crippen LogP contribution < -0.4 is 0 Å². The Labute approximate surface area is 102 Å². The van der Waals surface area contributed by atoms with Crippen LogP contribution in [0.3, 0.4) is 0 Å². The fraction of sp³-hybridized carbons (Fsp3) is 0. The van der Waals surface area contributed by atoms with E-state index in [9.17, 15) is 0 Å². The molecule has 0 aliphatic carbocycles. The van der Waals surface area contributed by atoms with E-state index in [1.54, 1.807) is 0 Å². The van der Waals surface area contributed by atoms with Crippen molar-refractivity contribution in [2.45, 2.75) is 0 Å². The molecule has 0 nitrogen and oxygen atoms in total. The Morgan fingerprint density at radius 2 is 0.333 bits per heavy atom. The normalized spacial score (nSPS) is 0. The van der Waals surface area contributed by atoms with E-state index in [-0.39, 0.29) is 104 Å². The average molecular weight is 205 g/mol. The van der Waals surface area contributed by atoms with Crippen LogP contribution in [0.5, 0.6) is 0 Å². The van der Waals surface area contributed by atoms with Gasteiger partial charge in [0.15, 0.2) is 86.8 Å². The van der Waals surface area contributed by atoms with Gasteiger partial charge in [-0.15, -0.1) is 0 Å². The van der Waals surface area contributed by atoms with E-state index in [1.807, 2.05) is 0 Å². The SMILES string of the molecule is [AlH3].[AlH3].[AlH3].[AlH3].[AlH3].[Mn]. The maximum Gasteiger partial charge on any atom is 0.187 e. The van der Waals surface area contributed by atoms with Gasteiger partial charge in [-0.2, -0.15) is 0 Å². The Kier molecular flexibility index (Phi) is 422. The molecular weight excluding hydrogens is 190 g/mol. The first-order valence-corrected chi connectivity index (χ1v) is 0. The molecular formula is H15Al5Mn. The van der Waals surface area contributed by atoms with Gasteiger partial charge in [0.2, 0.25) is 0 Å². The van der Waals surface area contributed by atoms with Crippen molar-refractivity contribution in [3.8, 4) is 0 Å². The second kappa shape index (κ2) is 41.7. The first-order valence-electron chi connectivity index (χ1n) is 0. The molecule has 6 heteroatoms. The van der Waals surface area contributed by atoms with Crippen LogP contribution in [-0.4, -0.2) is 86.8 Å². The Morgan fingerprint density at radius 3 is 0.333 bits per heavy atom. The van der Waals surface area contributed by atoms with Gasteiger partial charge in [-0.1, -0.05) is 0 Å². The van der Waals surface area contributed by atoms with Crippen LogP contribution in [-0.2, 0) is 17.1 Å². The van der Waals surface area contributed by atoms with Crippen molar-refractivity contribution in [1.82, 2.24) is 0 Å². The molecule has 0 saturated heterocycles. The summed E-state index contributed by atoms with van der Waals surface area (Å²) in [4.78, 5) is 0. The van der Waals surface area contributed by atoms with Crippen LogP contribution in [0.25, 0.3) is 0 Å². The molecule has 37 valence electrons. The minimum Gasteiger partial charge on any atom is 0 e. The first-order chi connectivity index (χ1) is 0. The summed E-state index contributed by atoms with van der Waals surface area (Å²) in [6.07, 6.45) is 0. The molecule has 0 saturated carbocycles. The molecule has 0 aliphatic rings. The van der Waals surface area contributed by atoms with Crippen LogP contribution >= 0.6 is 0 Å². The molecule has 0 atom stereocenters. The summed E-state index contributed by atoms with van der Waals surface area (Å²) in [6.45, 7) is 0. The Bertz CT molecular complexity index is 3.90. The minimum atomic E-state index is 0. The van der Waals surface area contributed by atoms with Gasteiger partial charge in [-0.25, -0.2) is 0 Å². The van der Waals surface area contributed by atoms with Crippen LogP contribution in [0.4, 0.5) is 0 Å². The third kappa shape index (κ3) is 27.1. The van der Waals surface area contributed by atoms with E-state index >= 15 is 0 Å². The summed E-state index contributed by atoms with van der Waals surface area (Å²) in [5.74, 6) is 0. The van der Waals surface area contributed by atoms with E-state index < -0.39 is 0 Å². The van der Waals surface area contributed by atoms with Gasteiger partial charge in [0.05, 0.1) is 0 Å². The standard InChI is InChI=1S/5Al.Mn.15H. The molecule has 0 bridgehead atoms. The number of hydrogen-bond donors (Lipinski definition) is 0. The monoisotopic (exact) mass is 205 g/mol. The van der Waals surface area contributed by atoms with Gasteiger partial charge in [0.25, 0.3) is 0 Å². The topological polar surface area (TPSA) is 0 Å². The molecule has 0 fully saturated rings. The van der Waals surface area contributed by atoms with Crippen LogP contribution in [0.1, 0.15) is 0 Å². The van der Waals surface area contributed by atoms with Gasteiger partial charge in [-0.05, 0) is 0 Å². The van der Waals surface area contributed by atoms with E-state index in [1.165, 1.54) is 0 Å². The minimum absolute atomic E-state index is 0. The maximum atomic E-state index is 0. The fourth-order valence-corrected chi connectivity index (χ4v) is 0. The average Bonchev–Trinajstić information content (AvgIpc) is 0. The number of rotatable bonds is 0. The largest absolute Gasteiger partial charge is 0.187 e. The molecule has 6 heavy (non-hydrogen) atoms. The van der Waals surface area contributed by atoms with Gasteiger partial charge in [-0.3, -0.25) is 0 Å². The smallest absolute Gasteiger partial charge is 0 e. The van der Waals surface area contributed by atoms with Crippen molar-refractivity contribution in [3.63, 3.8) is 0 Å². The van der Waals surface area contributed by atoms with Crippen LogP contribution in [0.15, 0.2) is 0 Å². The molecule has 0 heterocycles. The predicted molar refractivity (Wildman–Crippen MR) is 49.7 cm³/mol. The second-order valence-corrected chi connectivity index (χ2v) is 0. The zero-order valence-electron chi connectivity index (χ0n) is 0.378. The molecule has 0 unspecified atom stereocenters. The zero-order chi connectivity index (χ0) is 0. The number of hydrogen-bond acceptors (Lipinski definition) is 0.